The van der Waals surface area contributed by atoms with Crippen molar-refractivity contribution in [2.75, 3.05) is 0 Å². The third kappa shape index (κ3) is 1.44. The third-order valence-electron chi connectivity index (χ3n) is 1.07. The SMILES string of the molecule is [2H]c1ccc(CO)c(Cl)c1. The molecule has 1 nitrogen and oxygen atoms in total. The second kappa shape index (κ2) is 2.85. The summed E-state index contributed by atoms with van der Waals surface area (Å²) in [6.45, 7) is -0.0703. The third-order valence-corrected chi connectivity index (χ3v) is 1.42. The molecule has 0 aliphatic carbocycles. The fraction of sp³-hybridized carbons (Fsp3) is 0.143. The van der Waals surface area contributed by atoms with E-state index in [0.29, 0.717) is 16.6 Å². The Morgan fingerprint density at radius 2 is 2.44 bits per heavy atom. The lowest BCUT2D eigenvalue weighted by Gasteiger charge is -1.95. The van der Waals surface area contributed by atoms with Crippen molar-refractivity contribution in [2.45, 2.75) is 6.61 Å². The van der Waals surface area contributed by atoms with Gasteiger partial charge in [0.15, 0.2) is 0 Å². The lowest BCUT2D eigenvalue weighted by atomic mass is 10.2. The van der Waals surface area contributed by atoms with Crippen LogP contribution < -0.4 is 0 Å². The Hall–Kier alpha value is -0.530. The average Bonchev–Trinajstić information content (AvgIpc) is 1.88. The average molecular weight is 144 g/mol. The molecular weight excluding hydrogens is 136 g/mol. The Labute approximate surface area is 60.3 Å². The first kappa shape index (κ1) is 5.27. The molecule has 1 rings (SSSR count). The maximum absolute atomic E-state index is 8.66. The van der Waals surface area contributed by atoms with Crippen LogP contribution in [0.2, 0.25) is 5.02 Å². The van der Waals surface area contributed by atoms with Gasteiger partial charge in [0.1, 0.15) is 0 Å². The first-order chi connectivity index (χ1) is 4.74. The van der Waals surface area contributed by atoms with Crippen LogP contribution in [0.1, 0.15) is 6.93 Å². The van der Waals surface area contributed by atoms with Crippen LogP contribution in [0, 0.1) is 0 Å². The van der Waals surface area contributed by atoms with Gasteiger partial charge in [-0.25, -0.2) is 0 Å². The van der Waals surface area contributed by atoms with Crippen LogP contribution in [-0.4, -0.2) is 5.11 Å². The number of aliphatic hydroxyl groups excluding tert-OH is 1. The van der Waals surface area contributed by atoms with Gasteiger partial charge < -0.3 is 5.11 Å². The quantitative estimate of drug-likeness (QED) is 0.636. The molecule has 1 aromatic rings. The van der Waals surface area contributed by atoms with Gasteiger partial charge in [0.2, 0.25) is 0 Å². The lowest BCUT2D eigenvalue weighted by Crippen LogP contribution is -1.81. The van der Waals surface area contributed by atoms with E-state index in [4.69, 9.17) is 18.1 Å². The van der Waals surface area contributed by atoms with E-state index in [2.05, 4.69) is 0 Å². The maximum atomic E-state index is 8.66. The summed E-state index contributed by atoms with van der Waals surface area (Å²) in [7, 11) is 0. The number of aliphatic hydroxyl groups is 1. The van der Waals surface area contributed by atoms with Crippen LogP contribution in [-0.2, 0) is 6.61 Å². The lowest BCUT2D eigenvalue weighted by molar-refractivity contribution is 0.282. The zero-order valence-electron chi connectivity index (χ0n) is 5.76. The maximum Gasteiger partial charge on any atom is 0.0696 e. The molecule has 0 radical (unpaired) electrons. The molecule has 0 unspecified atom stereocenters. The standard InChI is InChI=1S/C7H7ClO/c8-7-4-2-1-3-6(7)5-9/h1-4,9H,5H2/i2D. The second-order valence-corrected chi connectivity index (χ2v) is 2.08. The van der Waals surface area contributed by atoms with Crippen LogP contribution in [0.5, 0.6) is 0 Å². The summed E-state index contributed by atoms with van der Waals surface area (Å²) in [5.74, 6) is 0. The highest BCUT2D eigenvalue weighted by Crippen LogP contribution is 2.13. The predicted octanol–water partition coefficient (Wildman–Crippen LogP) is 1.83. The molecule has 0 saturated heterocycles. The highest BCUT2D eigenvalue weighted by molar-refractivity contribution is 6.31. The molecule has 0 atom stereocenters. The summed E-state index contributed by atoms with van der Waals surface area (Å²) in [6, 6.07) is 5.11. The van der Waals surface area contributed by atoms with Gasteiger partial charge in [0.25, 0.3) is 0 Å². The summed E-state index contributed by atoms with van der Waals surface area (Å²) in [6.07, 6.45) is 0. The van der Waals surface area contributed by atoms with Crippen molar-refractivity contribution in [3.8, 4) is 0 Å². The van der Waals surface area contributed by atoms with Gasteiger partial charge >= 0.3 is 0 Å². The fourth-order valence-electron chi connectivity index (χ4n) is 0.571. The number of hydrogen-bond acceptors (Lipinski definition) is 1. The Morgan fingerprint density at radius 1 is 1.67 bits per heavy atom. The fourth-order valence-corrected chi connectivity index (χ4v) is 0.756. The van der Waals surface area contributed by atoms with Gasteiger partial charge in [0.05, 0.1) is 7.98 Å². The normalized spacial score (nSPS) is 11.1. The molecule has 1 N–H and O–H groups in total. The molecule has 9 heavy (non-hydrogen) atoms. The Balaban J connectivity index is 3.07. The van der Waals surface area contributed by atoms with Gasteiger partial charge in [-0.3, -0.25) is 0 Å². The van der Waals surface area contributed by atoms with Crippen LogP contribution in [0.3, 0.4) is 0 Å². The van der Waals surface area contributed by atoms with E-state index in [1.54, 1.807) is 12.1 Å². The molecule has 0 bridgehead atoms. The molecule has 0 spiro atoms. The first-order valence-corrected chi connectivity index (χ1v) is 2.97. The molecule has 0 saturated carbocycles. The van der Waals surface area contributed by atoms with Crippen molar-refractivity contribution < 1.29 is 6.48 Å². The molecule has 0 aromatic heterocycles. The highest BCUT2D eigenvalue weighted by Gasteiger charge is 1.92. The summed E-state index contributed by atoms with van der Waals surface area (Å²) >= 11 is 5.65. The van der Waals surface area contributed by atoms with Crippen molar-refractivity contribution in [3.63, 3.8) is 0 Å². The van der Waals surface area contributed by atoms with Crippen molar-refractivity contribution in [3.05, 3.63) is 34.8 Å². The second-order valence-electron chi connectivity index (χ2n) is 1.68. The molecule has 48 valence electrons. The van der Waals surface area contributed by atoms with E-state index in [1.807, 2.05) is 0 Å². The minimum Gasteiger partial charge on any atom is -0.392 e. The number of hydrogen-bond donors (Lipinski definition) is 1. The Morgan fingerprint density at radius 3 is 3.00 bits per heavy atom. The number of halogens is 1. The van der Waals surface area contributed by atoms with Gasteiger partial charge in [-0.2, -0.15) is 0 Å². The van der Waals surface area contributed by atoms with Crippen molar-refractivity contribution in [2.24, 2.45) is 0 Å². The van der Waals surface area contributed by atoms with Gasteiger partial charge in [-0.05, 0) is 11.6 Å². The van der Waals surface area contributed by atoms with Crippen molar-refractivity contribution in [1.29, 1.82) is 0 Å². The van der Waals surface area contributed by atoms with Crippen LogP contribution in [0.4, 0.5) is 0 Å². The van der Waals surface area contributed by atoms with Crippen LogP contribution >= 0.6 is 11.6 Å². The summed E-state index contributed by atoms with van der Waals surface area (Å²) in [4.78, 5) is 0. The summed E-state index contributed by atoms with van der Waals surface area (Å²) in [5, 5.41) is 9.12. The van der Waals surface area contributed by atoms with Gasteiger partial charge in [-0.1, -0.05) is 29.8 Å². The molecule has 0 fully saturated rings. The molecule has 0 aliphatic rings. The van der Waals surface area contributed by atoms with E-state index >= 15 is 0 Å². The monoisotopic (exact) mass is 143 g/mol. The van der Waals surface area contributed by atoms with E-state index in [0.717, 1.165) is 0 Å². The molecule has 1 aromatic carbocycles. The Bertz CT molecular complexity index is 237. The zero-order valence-corrected chi connectivity index (χ0v) is 5.52. The van der Waals surface area contributed by atoms with E-state index in [9.17, 15) is 0 Å². The van der Waals surface area contributed by atoms with Crippen molar-refractivity contribution in [1.82, 2.24) is 0 Å². The summed E-state index contributed by atoms with van der Waals surface area (Å²) < 4.78 is 7.14. The van der Waals surface area contributed by atoms with Crippen molar-refractivity contribution >= 4 is 11.6 Å². The molecule has 0 amide bonds. The Kier molecular flexibility index (Phi) is 1.67. The minimum absolute atomic E-state index is 0.0703. The predicted molar refractivity (Wildman–Crippen MR) is 37.4 cm³/mol. The smallest absolute Gasteiger partial charge is 0.0696 e. The molecule has 2 heteroatoms. The van der Waals surface area contributed by atoms with Crippen LogP contribution in [0.15, 0.2) is 24.2 Å². The molecule has 0 heterocycles. The topological polar surface area (TPSA) is 20.2 Å². The summed E-state index contributed by atoms with van der Waals surface area (Å²) in [5.41, 5.74) is 0.665. The molecule has 0 aliphatic heterocycles. The van der Waals surface area contributed by atoms with E-state index in [-0.39, 0.29) is 6.61 Å². The molecular formula is C7H7ClO. The largest absolute Gasteiger partial charge is 0.392 e. The van der Waals surface area contributed by atoms with Crippen LogP contribution in [0.25, 0.3) is 0 Å². The van der Waals surface area contributed by atoms with E-state index < -0.39 is 0 Å². The number of rotatable bonds is 1. The van der Waals surface area contributed by atoms with Gasteiger partial charge in [-0.15, -0.1) is 0 Å². The zero-order chi connectivity index (χ0) is 7.56. The minimum atomic E-state index is -0.0703. The van der Waals surface area contributed by atoms with E-state index in [1.165, 1.54) is 6.07 Å². The van der Waals surface area contributed by atoms with Gasteiger partial charge in [0, 0.05) is 5.02 Å². The number of benzene rings is 1. The highest BCUT2D eigenvalue weighted by atomic mass is 35.5. The first-order valence-electron chi connectivity index (χ1n) is 3.10.